The minimum Gasteiger partial charge on any atom is -0.478 e. The average Bonchev–Trinajstić information content (AvgIpc) is 2.15. The molecule has 0 aliphatic rings. The monoisotopic (exact) mass is 211 g/mol. The van der Waals surface area contributed by atoms with E-state index in [-0.39, 0.29) is 5.56 Å². The molecule has 74 valence electrons. The Morgan fingerprint density at radius 1 is 1.57 bits per heavy atom. The van der Waals surface area contributed by atoms with Crippen molar-refractivity contribution in [2.45, 2.75) is 0 Å². The van der Waals surface area contributed by atoms with Gasteiger partial charge in [0.15, 0.2) is 0 Å². The minimum atomic E-state index is -0.982. The zero-order valence-electron chi connectivity index (χ0n) is 7.40. The van der Waals surface area contributed by atoms with Gasteiger partial charge in [0, 0.05) is 11.6 Å². The molecule has 0 aliphatic heterocycles. The van der Waals surface area contributed by atoms with Crippen molar-refractivity contribution in [2.75, 3.05) is 11.6 Å². The van der Waals surface area contributed by atoms with Gasteiger partial charge in [-0.2, -0.15) is 0 Å². The molecule has 1 rings (SSSR count). The van der Waals surface area contributed by atoms with Crippen molar-refractivity contribution >= 4 is 29.3 Å². The van der Waals surface area contributed by atoms with Gasteiger partial charge in [0.05, 0.1) is 5.56 Å². The second-order valence-electron chi connectivity index (χ2n) is 2.71. The third kappa shape index (κ3) is 2.50. The van der Waals surface area contributed by atoms with Gasteiger partial charge in [0.2, 0.25) is 0 Å². The predicted molar refractivity (Wildman–Crippen MR) is 57.6 cm³/mol. The highest BCUT2D eigenvalue weighted by molar-refractivity contribution is 6.19. The maximum absolute atomic E-state index is 10.6. The first-order valence-corrected chi connectivity index (χ1v) is 4.54. The van der Waals surface area contributed by atoms with Crippen LogP contribution in [0, 0.1) is 0 Å². The molecule has 0 saturated carbocycles. The fourth-order valence-corrected chi connectivity index (χ4v) is 1.12. The summed E-state index contributed by atoms with van der Waals surface area (Å²) in [5, 5.41) is 8.68. The Hall–Kier alpha value is -1.48. The van der Waals surface area contributed by atoms with E-state index in [4.69, 9.17) is 22.4 Å². The van der Waals surface area contributed by atoms with Crippen molar-refractivity contribution in [2.24, 2.45) is 0 Å². The molecule has 3 nitrogen and oxygen atoms in total. The van der Waals surface area contributed by atoms with E-state index >= 15 is 0 Å². The SMILES string of the molecule is Nc1cc(C(=O)O)ccc1C=CCCl. The fourth-order valence-electron chi connectivity index (χ4n) is 1.03. The number of nitrogen functional groups attached to an aromatic ring is 1. The molecule has 0 bridgehead atoms. The van der Waals surface area contributed by atoms with E-state index in [0.717, 1.165) is 5.56 Å². The number of benzene rings is 1. The molecule has 1 aromatic carbocycles. The number of alkyl halides is 1. The van der Waals surface area contributed by atoms with Crippen LogP contribution in [0.2, 0.25) is 0 Å². The molecule has 0 saturated heterocycles. The first kappa shape index (κ1) is 10.6. The van der Waals surface area contributed by atoms with Crippen molar-refractivity contribution in [1.29, 1.82) is 0 Å². The van der Waals surface area contributed by atoms with E-state index < -0.39 is 5.97 Å². The van der Waals surface area contributed by atoms with Gasteiger partial charge in [-0.05, 0) is 17.7 Å². The van der Waals surface area contributed by atoms with Crippen LogP contribution in [-0.2, 0) is 0 Å². The van der Waals surface area contributed by atoms with E-state index in [1.165, 1.54) is 12.1 Å². The van der Waals surface area contributed by atoms with Gasteiger partial charge in [-0.1, -0.05) is 18.2 Å². The highest BCUT2D eigenvalue weighted by atomic mass is 35.5. The molecule has 1 aromatic rings. The number of nitrogens with two attached hydrogens (primary N) is 1. The zero-order chi connectivity index (χ0) is 10.6. The molecule has 0 heterocycles. The number of rotatable bonds is 3. The van der Waals surface area contributed by atoms with Crippen LogP contribution in [0.3, 0.4) is 0 Å². The number of carboxylic acids is 1. The Morgan fingerprint density at radius 2 is 2.29 bits per heavy atom. The van der Waals surface area contributed by atoms with Gasteiger partial charge in [-0.25, -0.2) is 4.79 Å². The van der Waals surface area contributed by atoms with E-state index in [1.54, 1.807) is 18.2 Å². The van der Waals surface area contributed by atoms with Crippen LogP contribution in [0.15, 0.2) is 24.3 Å². The van der Waals surface area contributed by atoms with Crippen molar-refractivity contribution in [1.82, 2.24) is 0 Å². The van der Waals surface area contributed by atoms with E-state index in [1.807, 2.05) is 0 Å². The maximum Gasteiger partial charge on any atom is 0.335 e. The smallest absolute Gasteiger partial charge is 0.335 e. The largest absolute Gasteiger partial charge is 0.478 e. The Bertz CT molecular complexity index is 374. The lowest BCUT2D eigenvalue weighted by Crippen LogP contribution is -1.98. The Labute approximate surface area is 86.8 Å². The summed E-state index contributed by atoms with van der Waals surface area (Å²) in [4.78, 5) is 10.6. The maximum atomic E-state index is 10.6. The van der Waals surface area contributed by atoms with Crippen molar-refractivity contribution in [3.8, 4) is 0 Å². The molecule has 0 spiro atoms. The topological polar surface area (TPSA) is 63.3 Å². The Morgan fingerprint density at radius 3 is 2.79 bits per heavy atom. The summed E-state index contributed by atoms with van der Waals surface area (Å²) in [6.07, 6.45) is 3.50. The molecule has 0 unspecified atom stereocenters. The summed E-state index contributed by atoms with van der Waals surface area (Å²) in [7, 11) is 0. The zero-order valence-corrected chi connectivity index (χ0v) is 8.16. The quantitative estimate of drug-likeness (QED) is 0.595. The van der Waals surface area contributed by atoms with Gasteiger partial charge in [-0.15, -0.1) is 11.6 Å². The lowest BCUT2D eigenvalue weighted by atomic mass is 10.1. The normalized spacial score (nSPS) is 10.6. The van der Waals surface area contributed by atoms with Gasteiger partial charge < -0.3 is 10.8 Å². The molecule has 4 heteroatoms. The van der Waals surface area contributed by atoms with Crippen LogP contribution >= 0.6 is 11.6 Å². The highest BCUT2D eigenvalue weighted by Crippen LogP contribution is 2.15. The van der Waals surface area contributed by atoms with Crippen LogP contribution in [0.1, 0.15) is 15.9 Å². The Kier molecular flexibility index (Phi) is 3.54. The number of hydrogen-bond donors (Lipinski definition) is 2. The summed E-state index contributed by atoms with van der Waals surface area (Å²) in [5.74, 6) is -0.579. The van der Waals surface area contributed by atoms with Crippen LogP contribution in [0.4, 0.5) is 5.69 Å². The number of hydrogen-bond acceptors (Lipinski definition) is 2. The predicted octanol–water partition coefficient (Wildman–Crippen LogP) is 2.22. The van der Waals surface area contributed by atoms with Crippen LogP contribution in [0.25, 0.3) is 6.08 Å². The van der Waals surface area contributed by atoms with Gasteiger partial charge >= 0.3 is 5.97 Å². The van der Waals surface area contributed by atoms with Crippen molar-refractivity contribution in [3.63, 3.8) is 0 Å². The summed E-state index contributed by atoms with van der Waals surface area (Å²) in [6, 6.07) is 4.59. The third-order valence-electron chi connectivity index (χ3n) is 1.72. The standard InChI is InChI=1S/C10H10ClNO2/c11-5-1-2-7-3-4-8(10(13)14)6-9(7)12/h1-4,6H,5,12H2,(H,13,14). The molecule has 0 aromatic heterocycles. The number of carbonyl (C=O) groups is 1. The van der Waals surface area contributed by atoms with Crippen molar-refractivity contribution < 1.29 is 9.90 Å². The molecule has 0 aliphatic carbocycles. The number of anilines is 1. The Balaban J connectivity index is 3.01. The van der Waals surface area contributed by atoms with Crippen LogP contribution < -0.4 is 5.73 Å². The molecule has 0 radical (unpaired) electrons. The summed E-state index contributed by atoms with van der Waals surface area (Å²) >= 11 is 5.46. The fraction of sp³-hybridized carbons (Fsp3) is 0.100. The number of halogens is 1. The van der Waals surface area contributed by atoms with Gasteiger partial charge in [0.1, 0.15) is 0 Å². The van der Waals surface area contributed by atoms with Crippen LogP contribution in [0.5, 0.6) is 0 Å². The molecular formula is C10H10ClNO2. The number of allylic oxidation sites excluding steroid dienone is 1. The van der Waals surface area contributed by atoms with E-state index in [9.17, 15) is 4.79 Å². The van der Waals surface area contributed by atoms with Crippen LogP contribution in [-0.4, -0.2) is 17.0 Å². The van der Waals surface area contributed by atoms with E-state index in [0.29, 0.717) is 11.6 Å². The first-order chi connectivity index (χ1) is 6.65. The average molecular weight is 212 g/mol. The van der Waals surface area contributed by atoms with E-state index in [2.05, 4.69) is 0 Å². The molecule has 0 amide bonds. The number of aromatic carboxylic acids is 1. The highest BCUT2D eigenvalue weighted by Gasteiger charge is 2.03. The van der Waals surface area contributed by atoms with Gasteiger partial charge in [-0.3, -0.25) is 0 Å². The summed E-state index contributed by atoms with van der Waals surface area (Å²) in [6.45, 7) is 0. The lowest BCUT2D eigenvalue weighted by Gasteiger charge is -2.01. The molecule has 14 heavy (non-hydrogen) atoms. The molecule has 0 fully saturated rings. The molecule has 3 N–H and O–H groups in total. The lowest BCUT2D eigenvalue weighted by molar-refractivity contribution is 0.0697. The minimum absolute atomic E-state index is 0.186. The molecule has 0 atom stereocenters. The first-order valence-electron chi connectivity index (χ1n) is 4.00. The van der Waals surface area contributed by atoms with Crippen molar-refractivity contribution in [3.05, 3.63) is 35.4 Å². The molecular weight excluding hydrogens is 202 g/mol. The second-order valence-corrected chi connectivity index (χ2v) is 3.01. The second kappa shape index (κ2) is 4.67. The summed E-state index contributed by atoms with van der Waals surface area (Å²) in [5.41, 5.74) is 7.04. The third-order valence-corrected chi connectivity index (χ3v) is 1.90. The summed E-state index contributed by atoms with van der Waals surface area (Å²) < 4.78 is 0. The van der Waals surface area contributed by atoms with Gasteiger partial charge in [0.25, 0.3) is 0 Å². The number of carboxylic acid groups (broad SMARTS) is 1.